The fraction of sp³-hybridized carbons (Fsp3) is 0.821. The number of Topliss-reactive ketones (excluding diaryl/α,β-unsaturated/α-hetero) is 1. The maximum atomic E-state index is 12.1. The molecule has 1 nitrogen and oxygen atoms in total. The third kappa shape index (κ3) is 3.49. The summed E-state index contributed by atoms with van der Waals surface area (Å²) in [4.78, 5) is 12.1. The Hall–Kier alpha value is -0.850. The first-order valence-corrected chi connectivity index (χ1v) is 12.6. The summed E-state index contributed by atoms with van der Waals surface area (Å²) in [6.45, 7) is 14.7. The van der Waals surface area contributed by atoms with Gasteiger partial charge in [0.05, 0.1) is 0 Å². The lowest BCUT2D eigenvalue weighted by Gasteiger charge is -2.57. The molecule has 0 saturated heterocycles. The molecule has 8 unspecified atom stereocenters. The molecule has 0 aromatic carbocycles. The average molecular weight is 397 g/mol. The molecule has 8 atom stereocenters. The number of rotatable bonds is 4. The molecule has 0 aliphatic heterocycles. The second kappa shape index (κ2) is 7.69. The number of fused-ring (bicyclic) bond motifs is 5. The molecule has 0 radical (unpaired) electrons. The van der Waals surface area contributed by atoms with E-state index >= 15 is 0 Å². The van der Waals surface area contributed by atoms with E-state index in [0.717, 1.165) is 49.4 Å². The first-order valence-electron chi connectivity index (χ1n) is 12.6. The molecule has 4 rings (SSSR count). The maximum Gasteiger partial charge on any atom is 0.133 e. The zero-order valence-electron chi connectivity index (χ0n) is 19.8. The van der Waals surface area contributed by atoms with Gasteiger partial charge < -0.3 is 0 Å². The summed E-state index contributed by atoms with van der Waals surface area (Å²) in [5, 5.41) is 0. The van der Waals surface area contributed by atoms with Gasteiger partial charge in [0.2, 0.25) is 0 Å². The average Bonchev–Trinajstić information content (AvgIpc) is 3.03. The summed E-state index contributed by atoms with van der Waals surface area (Å²) in [6.07, 6.45) is 17.2. The van der Waals surface area contributed by atoms with Gasteiger partial charge in [-0.1, -0.05) is 65.3 Å². The molecule has 0 heterocycles. The van der Waals surface area contributed by atoms with E-state index in [1.165, 1.54) is 25.7 Å². The molecular weight excluding hydrogens is 352 g/mol. The Bertz CT molecular complexity index is 699. The first kappa shape index (κ1) is 21.4. The van der Waals surface area contributed by atoms with E-state index in [0.29, 0.717) is 34.4 Å². The summed E-state index contributed by atoms with van der Waals surface area (Å²) in [6, 6.07) is 0. The number of carbonyl (C=O) groups is 1. The van der Waals surface area contributed by atoms with Crippen molar-refractivity contribution in [3.8, 4) is 0 Å². The van der Waals surface area contributed by atoms with Crippen LogP contribution in [0.2, 0.25) is 0 Å². The lowest BCUT2D eigenvalue weighted by molar-refractivity contribution is -0.127. The molecule has 162 valence electrons. The Balaban J connectivity index is 1.55. The summed E-state index contributed by atoms with van der Waals surface area (Å²) in [5.74, 6) is 5.57. The number of hydrogen-bond donors (Lipinski definition) is 0. The van der Waals surface area contributed by atoms with Crippen molar-refractivity contribution >= 4 is 5.78 Å². The minimum Gasteiger partial charge on any atom is -0.300 e. The number of ketones is 1. The summed E-state index contributed by atoms with van der Waals surface area (Å²) in [7, 11) is 0. The van der Waals surface area contributed by atoms with Crippen LogP contribution in [0.25, 0.3) is 0 Å². The van der Waals surface area contributed by atoms with Gasteiger partial charge in [0.25, 0.3) is 0 Å². The Kier molecular flexibility index (Phi) is 5.67. The molecule has 0 N–H and O–H groups in total. The molecule has 4 aliphatic carbocycles. The summed E-state index contributed by atoms with van der Waals surface area (Å²) in [5.41, 5.74) is 2.68. The van der Waals surface area contributed by atoms with Crippen molar-refractivity contribution < 1.29 is 4.79 Å². The highest BCUT2D eigenvalue weighted by molar-refractivity contribution is 5.79. The largest absolute Gasteiger partial charge is 0.300 e. The van der Waals surface area contributed by atoms with Crippen LogP contribution >= 0.6 is 0 Å². The van der Waals surface area contributed by atoms with Crippen molar-refractivity contribution in [1.82, 2.24) is 0 Å². The van der Waals surface area contributed by atoms with Gasteiger partial charge in [0.1, 0.15) is 5.78 Å². The smallest absolute Gasteiger partial charge is 0.133 e. The molecule has 3 fully saturated rings. The van der Waals surface area contributed by atoms with Crippen molar-refractivity contribution in [2.45, 2.75) is 92.9 Å². The molecule has 0 bridgehead atoms. The lowest BCUT2D eigenvalue weighted by Crippen LogP contribution is -2.49. The van der Waals surface area contributed by atoms with Crippen molar-refractivity contribution in [1.29, 1.82) is 0 Å². The van der Waals surface area contributed by atoms with Gasteiger partial charge >= 0.3 is 0 Å². The van der Waals surface area contributed by atoms with Gasteiger partial charge in [-0.2, -0.15) is 0 Å². The van der Waals surface area contributed by atoms with Gasteiger partial charge in [-0.05, 0) is 90.8 Å². The molecular formula is C28H44O. The van der Waals surface area contributed by atoms with Crippen molar-refractivity contribution in [2.24, 2.45) is 52.3 Å². The van der Waals surface area contributed by atoms with Crippen LogP contribution in [0, 0.1) is 52.3 Å². The molecule has 0 spiro atoms. The topological polar surface area (TPSA) is 17.1 Å². The number of hydrogen-bond acceptors (Lipinski definition) is 1. The predicted octanol–water partition coefficient (Wildman–Crippen LogP) is 7.62. The van der Waals surface area contributed by atoms with E-state index < -0.39 is 0 Å². The van der Waals surface area contributed by atoms with E-state index in [1.54, 1.807) is 0 Å². The Labute approximate surface area is 179 Å². The van der Waals surface area contributed by atoms with Gasteiger partial charge in [-0.25, -0.2) is 0 Å². The molecule has 0 aromatic heterocycles. The van der Waals surface area contributed by atoms with Crippen LogP contribution in [0.1, 0.15) is 92.9 Å². The van der Waals surface area contributed by atoms with Crippen molar-refractivity contribution in [3.05, 3.63) is 23.8 Å². The normalized spacial score (nSPS) is 44.2. The minimum absolute atomic E-state index is 0.385. The van der Waals surface area contributed by atoms with Crippen LogP contribution in [0.4, 0.5) is 0 Å². The van der Waals surface area contributed by atoms with Crippen LogP contribution in [0.3, 0.4) is 0 Å². The highest BCUT2D eigenvalue weighted by Gasteiger charge is 2.57. The SMILES string of the molecule is CC(C)C(C)/C=C/C(C)C1CCC2C3=CCC4CC(=O)CCC4(C)C3CCC21C. The van der Waals surface area contributed by atoms with Crippen molar-refractivity contribution in [2.75, 3.05) is 0 Å². The van der Waals surface area contributed by atoms with Crippen LogP contribution < -0.4 is 0 Å². The Morgan fingerprint density at radius 1 is 0.966 bits per heavy atom. The zero-order chi connectivity index (χ0) is 21.0. The lowest BCUT2D eigenvalue weighted by atomic mass is 9.48. The molecule has 4 aliphatic rings. The quantitative estimate of drug-likeness (QED) is 0.447. The summed E-state index contributed by atoms with van der Waals surface area (Å²) < 4.78 is 0. The maximum absolute atomic E-state index is 12.1. The van der Waals surface area contributed by atoms with E-state index in [1.807, 2.05) is 5.57 Å². The monoisotopic (exact) mass is 396 g/mol. The van der Waals surface area contributed by atoms with E-state index in [9.17, 15) is 4.79 Å². The fourth-order valence-corrected chi connectivity index (χ4v) is 7.91. The van der Waals surface area contributed by atoms with Crippen LogP contribution in [0.5, 0.6) is 0 Å². The minimum atomic E-state index is 0.385. The van der Waals surface area contributed by atoms with Crippen LogP contribution in [-0.4, -0.2) is 5.78 Å². The van der Waals surface area contributed by atoms with Gasteiger partial charge in [0.15, 0.2) is 0 Å². The zero-order valence-corrected chi connectivity index (χ0v) is 19.8. The van der Waals surface area contributed by atoms with Gasteiger partial charge in [0, 0.05) is 12.8 Å². The number of allylic oxidation sites excluding steroid dienone is 4. The molecule has 29 heavy (non-hydrogen) atoms. The predicted molar refractivity (Wildman–Crippen MR) is 123 cm³/mol. The second-order valence-corrected chi connectivity index (χ2v) is 12.1. The standard InChI is InChI=1S/C28H44O/c1-18(2)19(3)7-8-20(4)24-11-12-25-23-10-9-21-17-22(29)13-15-27(21,5)26(23)14-16-28(24,25)6/h7-8,10,18-21,24-26H,9,11-17H2,1-6H3/b8-7+. The highest BCUT2D eigenvalue weighted by atomic mass is 16.1. The molecule has 0 amide bonds. The van der Waals surface area contributed by atoms with E-state index in [2.05, 4.69) is 59.8 Å². The second-order valence-electron chi connectivity index (χ2n) is 12.1. The fourth-order valence-electron chi connectivity index (χ4n) is 7.91. The summed E-state index contributed by atoms with van der Waals surface area (Å²) >= 11 is 0. The molecule has 3 saturated carbocycles. The number of carbonyl (C=O) groups excluding carboxylic acids is 1. The Morgan fingerprint density at radius 3 is 2.41 bits per heavy atom. The third-order valence-corrected chi connectivity index (χ3v) is 10.4. The molecule has 0 aromatic rings. The van der Waals surface area contributed by atoms with Crippen LogP contribution in [0.15, 0.2) is 23.8 Å². The highest BCUT2D eigenvalue weighted by Crippen LogP contribution is 2.66. The van der Waals surface area contributed by atoms with Gasteiger partial charge in [-0.3, -0.25) is 4.79 Å². The Morgan fingerprint density at radius 2 is 1.69 bits per heavy atom. The van der Waals surface area contributed by atoms with Gasteiger partial charge in [-0.15, -0.1) is 0 Å². The third-order valence-electron chi connectivity index (χ3n) is 10.4. The first-order chi connectivity index (χ1) is 13.7. The van der Waals surface area contributed by atoms with E-state index in [4.69, 9.17) is 0 Å². The van der Waals surface area contributed by atoms with Crippen LogP contribution in [-0.2, 0) is 4.79 Å². The van der Waals surface area contributed by atoms with E-state index in [-0.39, 0.29) is 0 Å². The molecule has 1 heteroatoms. The van der Waals surface area contributed by atoms with Crippen molar-refractivity contribution in [3.63, 3.8) is 0 Å².